The summed E-state index contributed by atoms with van der Waals surface area (Å²) in [6.45, 7) is 2.05. The topological polar surface area (TPSA) is 12.9 Å². The summed E-state index contributed by atoms with van der Waals surface area (Å²) in [6, 6.07) is 0. The van der Waals surface area contributed by atoms with Gasteiger partial charge >= 0.3 is 0 Å². The number of thiazole rings is 1. The van der Waals surface area contributed by atoms with E-state index in [1.807, 2.05) is 6.92 Å². The fourth-order valence-electron chi connectivity index (χ4n) is 1.33. The van der Waals surface area contributed by atoms with Gasteiger partial charge in [-0.25, -0.2) is 4.98 Å². The van der Waals surface area contributed by atoms with Crippen LogP contribution in [0.2, 0.25) is 0 Å². The molecule has 0 radical (unpaired) electrons. The van der Waals surface area contributed by atoms with Gasteiger partial charge in [-0.15, -0.1) is 22.9 Å². The summed E-state index contributed by atoms with van der Waals surface area (Å²) in [5.74, 6) is 2.18. The third-order valence-corrected chi connectivity index (χ3v) is 3.33. The fourth-order valence-corrected chi connectivity index (χ4v) is 2.35. The van der Waals surface area contributed by atoms with E-state index in [0.717, 1.165) is 5.88 Å². The van der Waals surface area contributed by atoms with Crippen molar-refractivity contribution in [2.75, 3.05) is 5.88 Å². The van der Waals surface area contributed by atoms with Crippen LogP contribution >= 0.6 is 22.9 Å². The maximum Gasteiger partial charge on any atom is 0.0897 e. The zero-order valence-corrected chi connectivity index (χ0v) is 7.95. The van der Waals surface area contributed by atoms with E-state index in [2.05, 4.69) is 10.4 Å². The molecule has 1 aromatic heterocycles. The Morgan fingerprint density at radius 2 is 2.64 bits per heavy atom. The molecule has 0 amide bonds. The number of hydrogen-bond acceptors (Lipinski definition) is 2. The van der Waals surface area contributed by atoms with Gasteiger partial charge < -0.3 is 0 Å². The standard InChI is InChI=1S/C8H10ClNS/c1-5-10-8(4-11-5)7-2-6(7)3-9/h4,6-7H,2-3H2,1H3. The van der Waals surface area contributed by atoms with Crippen LogP contribution in [0.3, 0.4) is 0 Å². The third kappa shape index (κ3) is 1.42. The van der Waals surface area contributed by atoms with Crippen molar-refractivity contribution in [2.24, 2.45) is 5.92 Å². The molecule has 60 valence electrons. The van der Waals surface area contributed by atoms with E-state index in [9.17, 15) is 0 Å². The number of hydrogen-bond donors (Lipinski definition) is 0. The summed E-state index contributed by atoms with van der Waals surface area (Å²) in [7, 11) is 0. The van der Waals surface area contributed by atoms with Gasteiger partial charge in [0.05, 0.1) is 10.7 Å². The lowest BCUT2D eigenvalue weighted by Crippen LogP contribution is -1.84. The number of aromatic nitrogens is 1. The Morgan fingerprint density at radius 3 is 3.09 bits per heavy atom. The first-order chi connectivity index (χ1) is 5.31. The lowest BCUT2D eigenvalue weighted by molar-refractivity contribution is 0.897. The molecule has 0 aromatic carbocycles. The molecule has 0 spiro atoms. The van der Waals surface area contributed by atoms with Gasteiger partial charge in [-0.1, -0.05) is 0 Å². The summed E-state index contributed by atoms with van der Waals surface area (Å²) in [4.78, 5) is 4.43. The highest BCUT2D eigenvalue weighted by atomic mass is 35.5. The lowest BCUT2D eigenvalue weighted by atomic mass is 10.3. The first-order valence-corrected chi connectivity index (χ1v) is 5.20. The smallest absolute Gasteiger partial charge is 0.0897 e. The maximum absolute atomic E-state index is 5.73. The molecule has 1 nitrogen and oxygen atoms in total. The molecule has 1 aliphatic rings. The van der Waals surface area contributed by atoms with E-state index >= 15 is 0 Å². The average Bonchev–Trinajstić information content (AvgIpc) is 2.68. The van der Waals surface area contributed by atoms with Gasteiger partial charge in [-0.05, 0) is 19.3 Å². The highest BCUT2D eigenvalue weighted by molar-refractivity contribution is 7.09. The largest absolute Gasteiger partial charge is 0.246 e. The summed E-state index contributed by atoms with van der Waals surface area (Å²) in [6.07, 6.45) is 1.24. The van der Waals surface area contributed by atoms with Crippen LogP contribution in [0.25, 0.3) is 0 Å². The number of rotatable bonds is 2. The van der Waals surface area contributed by atoms with Crippen molar-refractivity contribution in [3.05, 3.63) is 16.1 Å². The maximum atomic E-state index is 5.73. The summed E-state index contributed by atoms with van der Waals surface area (Å²) >= 11 is 7.46. The number of aryl methyl sites for hydroxylation is 1. The Hall–Kier alpha value is -0.0800. The summed E-state index contributed by atoms with van der Waals surface area (Å²) < 4.78 is 0. The van der Waals surface area contributed by atoms with Crippen LogP contribution in [0.4, 0.5) is 0 Å². The van der Waals surface area contributed by atoms with Crippen molar-refractivity contribution in [1.82, 2.24) is 4.98 Å². The van der Waals surface area contributed by atoms with Crippen molar-refractivity contribution >= 4 is 22.9 Å². The molecular weight excluding hydrogens is 178 g/mol. The van der Waals surface area contributed by atoms with E-state index in [1.54, 1.807) is 11.3 Å². The van der Waals surface area contributed by atoms with Crippen molar-refractivity contribution in [2.45, 2.75) is 19.3 Å². The van der Waals surface area contributed by atoms with Crippen LogP contribution in [-0.4, -0.2) is 10.9 Å². The molecule has 2 rings (SSSR count). The molecule has 1 fully saturated rings. The zero-order valence-electron chi connectivity index (χ0n) is 6.38. The van der Waals surface area contributed by atoms with Crippen molar-refractivity contribution in [3.8, 4) is 0 Å². The molecule has 11 heavy (non-hydrogen) atoms. The van der Waals surface area contributed by atoms with E-state index in [0.29, 0.717) is 11.8 Å². The summed E-state index contributed by atoms with van der Waals surface area (Å²) in [5, 5.41) is 3.33. The minimum Gasteiger partial charge on any atom is -0.246 e. The van der Waals surface area contributed by atoms with Gasteiger partial charge in [0.2, 0.25) is 0 Å². The first kappa shape index (κ1) is 7.56. The van der Waals surface area contributed by atoms with Gasteiger partial charge in [0.1, 0.15) is 0 Å². The molecule has 1 aliphatic carbocycles. The second-order valence-corrected chi connectivity index (χ2v) is 4.42. The van der Waals surface area contributed by atoms with E-state index in [-0.39, 0.29) is 0 Å². The van der Waals surface area contributed by atoms with E-state index in [1.165, 1.54) is 17.1 Å². The van der Waals surface area contributed by atoms with Gasteiger partial charge in [0.25, 0.3) is 0 Å². The average molecular weight is 188 g/mol. The molecule has 0 aliphatic heterocycles. The molecule has 0 bridgehead atoms. The Kier molecular flexibility index (Phi) is 1.90. The molecule has 3 heteroatoms. The Balaban J connectivity index is 2.08. The van der Waals surface area contributed by atoms with Crippen LogP contribution in [0.15, 0.2) is 5.38 Å². The van der Waals surface area contributed by atoms with Gasteiger partial charge in [-0.3, -0.25) is 0 Å². The van der Waals surface area contributed by atoms with Gasteiger partial charge in [0.15, 0.2) is 0 Å². The number of alkyl halides is 1. The predicted octanol–water partition coefficient (Wildman–Crippen LogP) is 2.79. The normalized spacial score (nSPS) is 28.9. The molecule has 0 N–H and O–H groups in total. The molecule has 2 atom stereocenters. The van der Waals surface area contributed by atoms with Gasteiger partial charge in [-0.2, -0.15) is 0 Å². The second kappa shape index (κ2) is 2.76. The minimum absolute atomic E-state index is 0.678. The molecule has 1 saturated carbocycles. The molecule has 0 saturated heterocycles. The van der Waals surface area contributed by atoms with Crippen LogP contribution in [0.5, 0.6) is 0 Å². The summed E-state index contributed by atoms with van der Waals surface area (Å²) in [5.41, 5.74) is 1.26. The quantitative estimate of drug-likeness (QED) is 0.649. The van der Waals surface area contributed by atoms with E-state index < -0.39 is 0 Å². The molecule has 1 aromatic rings. The highest BCUT2D eigenvalue weighted by Crippen LogP contribution is 2.47. The van der Waals surface area contributed by atoms with E-state index in [4.69, 9.17) is 11.6 Å². The third-order valence-electron chi connectivity index (χ3n) is 2.14. The molecule has 1 heterocycles. The first-order valence-electron chi connectivity index (χ1n) is 3.79. The lowest BCUT2D eigenvalue weighted by Gasteiger charge is -1.88. The van der Waals surface area contributed by atoms with Crippen LogP contribution in [-0.2, 0) is 0 Å². The van der Waals surface area contributed by atoms with Crippen molar-refractivity contribution in [1.29, 1.82) is 0 Å². The number of nitrogens with zero attached hydrogens (tertiary/aromatic N) is 1. The van der Waals surface area contributed by atoms with Crippen molar-refractivity contribution in [3.63, 3.8) is 0 Å². The minimum atomic E-state index is 0.678. The monoisotopic (exact) mass is 187 g/mol. The van der Waals surface area contributed by atoms with Crippen LogP contribution < -0.4 is 0 Å². The zero-order chi connectivity index (χ0) is 7.84. The Labute approximate surface area is 75.4 Å². The van der Waals surface area contributed by atoms with Crippen molar-refractivity contribution < 1.29 is 0 Å². The van der Waals surface area contributed by atoms with Crippen LogP contribution in [0.1, 0.15) is 23.0 Å². The second-order valence-electron chi connectivity index (χ2n) is 3.05. The Morgan fingerprint density at radius 1 is 1.82 bits per heavy atom. The molecular formula is C8H10ClNS. The SMILES string of the molecule is Cc1nc(C2CC2CCl)cs1. The van der Waals surface area contributed by atoms with Gasteiger partial charge in [0, 0.05) is 17.2 Å². The predicted molar refractivity (Wildman–Crippen MR) is 48.4 cm³/mol. The van der Waals surface area contributed by atoms with Crippen LogP contribution in [0, 0.1) is 12.8 Å². The number of halogens is 1. The molecule has 2 unspecified atom stereocenters. The Bertz CT molecular complexity index is 258. The highest BCUT2D eigenvalue weighted by Gasteiger charge is 2.38. The fraction of sp³-hybridized carbons (Fsp3) is 0.625.